The minimum Gasteiger partial charge on any atom is -0.380 e. The molecule has 18 heavy (non-hydrogen) atoms. The molecule has 0 fully saturated rings. The van der Waals surface area contributed by atoms with Gasteiger partial charge in [0, 0.05) is 30.4 Å². The highest BCUT2D eigenvalue weighted by Gasteiger charge is 2.35. The van der Waals surface area contributed by atoms with Gasteiger partial charge in [0.15, 0.2) is 5.82 Å². The van der Waals surface area contributed by atoms with Crippen molar-refractivity contribution in [3.63, 3.8) is 0 Å². The van der Waals surface area contributed by atoms with Crippen molar-refractivity contribution >= 4 is 0 Å². The lowest BCUT2D eigenvalue weighted by Gasteiger charge is -2.15. The van der Waals surface area contributed by atoms with E-state index in [0.717, 1.165) is 18.5 Å². The van der Waals surface area contributed by atoms with Crippen LogP contribution in [0.2, 0.25) is 0 Å². The van der Waals surface area contributed by atoms with Crippen LogP contribution < -0.4 is 0 Å². The molecule has 0 spiro atoms. The molecule has 0 aliphatic rings. The highest BCUT2D eigenvalue weighted by atomic mass is 19.4. The van der Waals surface area contributed by atoms with Gasteiger partial charge in [-0.2, -0.15) is 13.2 Å². The zero-order valence-electron chi connectivity index (χ0n) is 8.96. The Morgan fingerprint density at radius 2 is 1.78 bits per heavy atom. The van der Waals surface area contributed by atoms with Gasteiger partial charge in [-0.1, -0.05) is 0 Å². The standard InChI is InChI=1S/C11H8F3N3O/c12-11(13,14)8-2-5-15-6-7(8)9(18)10-16-3-1-4-17-10/h1-6,9,18H. The van der Waals surface area contributed by atoms with E-state index < -0.39 is 17.8 Å². The number of aliphatic hydroxyl groups excluding tert-OH is 1. The highest BCUT2D eigenvalue weighted by Crippen LogP contribution is 2.35. The van der Waals surface area contributed by atoms with Crippen LogP contribution in [0, 0.1) is 0 Å². The first-order chi connectivity index (χ1) is 8.50. The molecular formula is C11H8F3N3O. The molecule has 0 aromatic carbocycles. The maximum Gasteiger partial charge on any atom is 0.416 e. The Hall–Kier alpha value is -2.02. The number of halogens is 3. The molecule has 1 atom stereocenters. The van der Waals surface area contributed by atoms with Crippen LogP contribution in [0.25, 0.3) is 0 Å². The zero-order chi connectivity index (χ0) is 13.2. The molecule has 0 saturated carbocycles. The van der Waals surface area contributed by atoms with Crippen molar-refractivity contribution in [3.8, 4) is 0 Å². The van der Waals surface area contributed by atoms with Crippen molar-refractivity contribution in [2.75, 3.05) is 0 Å². The van der Waals surface area contributed by atoms with Gasteiger partial charge in [0.2, 0.25) is 0 Å². The van der Waals surface area contributed by atoms with E-state index in [1.54, 1.807) is 0 Å². The summed E-state index contributed by atoms with van der Waals surface area (Å²) in [6, 6.07) is 2.31. The normalized spacial score (nSPS) is 13.3. The number of aliphatic hydroxyl groups is 1. The Labute approximate surface area is 100 Å². The van der Waals surface area contributed by atoms with Crippen molar-refractivity contribution in [2.24, 2.45) is 0 Å². The fraction of sp³-hybridized carbons (Fsp3) is 0.182. The van der Waals surface area contributed by atoms with Gasteiger partial charge < -0.3 is 5.11 Å². The molecule has 0 aliphatic heterocycles. The summed E-state index contributed by atoms with van der Waals surface area (Å²) < 4.78 is 38.2. The molecule has 2 aromatic heterocycles. The second-order valence-electron chi connectivity index (χ2n) is 3.47. The lowest BCUT2D eigenvalue weighted by atomic mass is 10.0. The first-order valence-corrected chi connectivity index (χ1v) is 4.96. The van der Waals surface area contributed by atoms with E-state index in [1.165, 1.54) is 18.5 Å². The molecule has 0 amide bonds. The monoisotopic (exact) mass is 255 g/mol. The van der Waals surface area contributed by atoms with E-state index in [2.05, 4.69) is 15.0 Å². The zero-order valence-corrected chi connectivity index (χ0v) is 8.96. The molecule has 94 valence electrons. The fourth-order valence-electron chi connectivity index (χ4n) is 1.47. The summed E-state index contributed by atoms with van der Waals surface area (Å²) in [5, 5.41) is 9.87. The van der Waals surface area contributed by atoms with Gasteiger partial charge in [-0.15, -0.1) is 0 Å². The number of nitrogens with zero attached hydrogens (tertiary/aromatic N) is 3. The number of pyridine rings is 1. The topological polar surface area (TPSA) is 58.9 Å². The average molecular weight is 255 g/mol. The van der Waals surface area contributed by atoms with Crippen molar-refractivity contribution in [1.29, 1.82) is 0 Å². The van der Waals surface area contributed by atoms with Gasteiger partial charge in [0.05, 0.1) is 5.56 Å². The molecule has 2 heterocycles. The van der Waals surface area contributed by atoms with E-state index >= 15 is 0 Å². The molecule has 1 N–H and O–H groups in total. The third kappa shape index (κ3) is 2.45. The smallest absolute Gasteiger partial charge is 0.380 e. The third-order valence-corrected chi connectivity index (χ3v) is 2.28. The average Bonchev–Trinajstić information content (AvgIpc) is 2.38. The summed E-state index contributed by atoms with van der Waals surface area (Å²) in [6.07, 6.45) is -1.45. The molecule has 0 radical (unpaired) electrons. The maximum absolute atomic E-state index is 12.7. The lowest BCUT2D eigenvalue weighted by molar-refractivity contribution is -0.139. The van der Waals surface area contributed by atoms with Crippen molar-refractivity contribution in [2.45, 2.75) is 12.3 Å². The summed E-state index contributed by atoms with van der Waals surface area (Å²) in [7, 11) is 0. The molecule has 2 rings (SSSR count). The van der Waals surface area contributed by atoms with Crippen LogP contribution in [-0.2, 0) is 6.18 Å². The summed E-state index contributed by atoms with van der Waals surface area (Å²) in [5.41, 5.74) is -1.31. The van der Waals surface area contributed by atoms with Crippen LogP contribution in [0.3, 0.4) is 0 Å². The SMILES string of the molecule is OC(c1ncccn1)c1cnccc1C(F)(F)F. The first-order valence-electron chi connectivity index (χ1n) is 4.96. The second-order valence-corrected chi connectivity index (χ2v) is 3.47. The first kappa shape index (κ1) is 12.4. The van der Waals surface area contributed by atoms with Gasteiger partial charge >= 0.3 is 6.18 Å². The predicted octanol–water partition coefficient (Wildman–Crippen LogP) is 1.97. The van der Waals surface area contributed by atoms with E-state index in [0.29, 0.717) is 0 Å². The van der Waals surface area contributed by atoms with Crippen molar-refractivity contribution in [1.82, 2.24) is 15.0 Å². The Bertz CT molecular complexity index is 531. The fourth-order valence-corrected chi connectivity index (χ4v) is 1.47. The third-order valence-electron chi connectivity index (χ3n) is 2.28. The number of hydrogen-bond donors (Lipinski definition) is 1. The Balaban J connectivity index is 2.46. The van der Waals surface area contributed by atoms with Gasteiger partial charge in [-0.25, -0.2) is 9.97 Å². The van der Waals surface area contributed by atoms with Crippen LogP contribution >= 0.6 is 0 Å². The lowest BCUT2D eigenvalue weighted by Crippen LogP contribution is -2.14. The summed E-state index contributed by atoms with van der Waals surface area (Å²) in [5.74, 6) is -0.101. The van der Waals surface area contributed by atoms with Gasteiger partial charge in [0.25, 0.3) is 0 Å². The summed E-state index contributed by atoms with van der Waals surface area (Å²) in [4.78, 5) is 11.0. The predicted molar refractivity (Wildman–Crippen MR) is 55.3 cm³/mol. The Kier molecular flexibility index (Phi) is 3.24. The molecule has 2 aromatic rings. The number of alkyl halides is 3. The molecule has 0 bridgehead atoms. The van der Waals surface area contributed by atoms with E-state index in [4.69, 9.17) is 0 Å². The Morgan fingerprint density at radius 3 is 2.39 bits per heavy atom. The molecule has 0 aliphatic carbocycles. The van der Waals surface area contributed by atoms with E-state index in [-0.39, 0.29) is 11.4 Å². The Morgan fingerprint density at radius 1 is 1.11 bits per heavy atom. The minimum absolute atomic E-state index is 0.101. The maximum atomic E-state index is 12.7. The molecule has 7 heteroatoms. The van der Waals surface area contributed by atoms with Crippen LogP contribution in [0.5, 0.6) is 0 Å². The van der Waals surface area contributed by atoms with E-state index in [1.807, 2.05) is 0 Å². The van der Waals surface area contributed by atoms with Gasteiger partial charge in [-0.3, -0.25) is 4.98 Å². The molecular weight excluding hydrogens is 247 g/mol. The number of aromatic nitrogens is 3. The number of rotatable bonds is 2. The van der Waals surface area contributed by atoms with Gasteiger partial charge in [-0.05, 0) is 12.1 Å². The van der Waals surface area contributed by atoms with Crippen LogP contribution in [0.4, 0.5) is 13.2 Å². The molecule has 1 unspecified atom stereocenters. The number of hydrogen-bond acceptors (Lipinski definition) is 4. The highest BCUT2D eigenvalue weighted by molar-refractivity contribution is 5.31. The van der Waals surface area contributed by atoms with E-state index in [9.17, 15) is 18.3 Å². The second kappa shape index (κ2) is 4.69. The quantitative estimate of drug-likeness (QED) is 0.891. The summed E-state index contributed by atoms with van der Waals surface area (Å²) in [6.45, 7) is 0. The van der Waals surface area contributed by atoms with Crippen molar-refractivity contribution < 1.29 is 18.3 Å². The van der Waals surface area contributed by atoms with Crippen LogP contribution in [0.15, 0.2) is 36.9 Å². The molecule has 4 nitrogen and oxygen atoms in total. The van der Waals surface area contributed by atoms with Gasteiger partial charge in [0.1, 0.15) is 6.10 Å². The van der Waals surface area contributed by atoms with Crippen LogP contribution in [0.1, 0.15) is 23.1 Å². The summed E-state index contributed by atoms with van der Waals surface area (Å²) >= 11 is 0. The largest absolute Gasteiger partial charge is 0.416 e. The van der Waals surface area contributed by atoms with Crippen molar-refractivity contribution in [3.05, 3.63) is 53.9 Å². The minimum atomic E-state index is -4.56. The van der Waals surface area contributed by atoms with Crippen LogP contribution in [-0.4, -0.2) is 20.1 Å². The molecule has 0 saturated heterocycles.